The van der Waals surface area contributed by atoms with E-state index in [1.807, 2.05) is 26.0 Å². The Morgan fingerprint density at radius 3 is 2.57 bits per heavy atom. The number of piperidine rings is 1. The van der Waals surface area contributed by atoms with Gasteiger partial charge in [0.1, 0.15) is 11.5 Å². The zero-order valence-corrected chi connectivity index (χ0v) is 17.8. The van der Waals surface area contributed by atoms with Crippen molar-refractivity contribution in [2.45, 2.75) is 57.3 Å². The van der Waals surface area contributed by atoms with Crippen LogP contribution >= 0.6 is 0 Å². The van der Waals surface area contributed by atoms with Gasteiger partial charge in [0.2, 0.25) is 0 Å². The molecular formula is C23H28N2O5. The molecule has 7 heteroatoms. The van der Waals surface area contributed by atoms with Gasteiger partial charge in [-0.2, -0.15) is 5.06 Å². The van der Waals surface area contributed by atoms with Gasteiger partial charge in [0, 0.05) is 25.1 Å². The molecule has 3 aliphatic heterocycles. The molecule has 0 aromatic heterocycles. The molecule has 0 bridgehead atoms. The molecule has 3 aliphatic rings. The van der Waals surface area contributed by atoms with Crippen molar-refractivity contribution in [2.24, 2.45) is 0 Å². The second kappa shape index (κ2) is 8.12. The third-order valence-corrected chi connectivity index (χ3v) is 6.45. The van der Waals surface area contributed by atoms with Crippen LogP contribution < -0.4 is 0 Å². The molecule has 0 radical (unpaired) electrons. The molecule has 3 heterocycles. The summed E-state index contributed by atoms with van der Waals surface area (Å²) in [6, 6.07) is 3.81. The Balaban J connectivity index is 1.76. The molecule has 3 fully saturated rings. The van der Waals surface area contributed by atoms with E-state index in [1.165, 1.54) is 5.06 Å². The van der Waals surface area contributed by atoms with Gasteiger partial charge in [-0.3, -0.25) is 9.59 Å². The summed E-state index contributed by atoms with van der Waals surface area (Å²) in [5.41, 5.74) is 2.01. The number of ether oxygens (including phenoxy) is 1. The van der Waals surface area contributed by atoms with Crippen LogP contribution in [0.15, 0.2) is 12.1 Å². The molecule has 160 valence electrons. The van der Waals surface area contributed by atoms with Crippen molar-refractivity contribution in [3.8, 4) is 12.3 Å². The quantitative estimate of drug-likeness (QED) is 0.558. The summed E-state index contributed by atoms with van der Waals surface area (Å²) in [6.45, 7) is 5.50. The van der Waals surface area contributed by atoms with E-state index in [1.54, 1.807) is 12.2 Å². The largest absolute Gasteiger partial charge is 0.350 e. The highest BCUT2D eigenvalue weighted by atomic mass is 16.8. The molecule has 2 unspecified atom stereocenters. The Hall–Kier alpha value is -2.24. The summed E-state index contributed by atoms with van der Waals surface area (Å²) in [6.07, 6.45) is 7.68. The predicted octanol–water partition coefficient (Wildman–Crippen LogP) is 2.24. The van der Waals surface area contributed by atoms with E-state index in [9.17, 15) is 9.59 Å². The van der Waals surface area contributed by atoms with Crippen LogP contribution in [0.4, 0.5) is 0 Å². The monoisotopic (exact) mass is 412 g/mol. The Morgan fingerprint density at radius 2 is 1.97 bits per heavy atom. The number of rotatable bonds is 4. The number of terminal acetylenes is 1. The third kappa shape index (κ3) is 3.34. The summed E-state index contributed by atoms with van der Waals surface area (Å²) >= 11 is 0. The van der Waals surface area contributed by atoms with E-state index >= 15 is 0 Å². The standard InChI is InChI=1S/C23H28N2O5/c1-5-17-14-15(2)13-16(3)19(17)20-21(26)23(8-10-24(28-4)11-9-23)25(22(20)27)30-18-7-6-12-29-18/h1,13-14,18,20H,6-12H2,2-4H3. The molecule has 2 atom stereocenters. The highest BCUT2D eigenvalue weighted by Gasteiger charge is 2.61. The lowest BCUT2D eigenvalue weighted by Crippen LogP contribution is -2.56. The fraction of sp³-hybridized carbons (Fsp3) is 0.565. The van der Waals surface area contributed by atoms with E-state index in [0.717, 1.165) is 17.5 Å². The van der Waals surface area contributed by atoms with E-state index in [-0.39, 0.29) is 11.7 Å². The zero-order valence-electron chi connectivity index (χ0n) is 17.8. The maximum atomic E-state index is 13.9. The number of Topliss-reactive ketones (excluding diaryl/α,β-unsaturated/α-hetero) is 1. The smallest absolute Gasteiger partial charge is 0.262 e. The van der Waals surface area contributed by atoms with Crippen molar-refractivity contribution in [3.63, 3.8) is 0 Å². The summed E-state index contributed by atoms with van der Waals surface area (Å²) in [5, 5.41) is 3.12. The number of benzene rings is 1. The Bertz CT molecular complexity index is 892. The molecule has 1 aromatic carbocycles. The minimum absolute atomic E-state index is 0.148. The first-order valence-corrected chi connectivity index (χ1v) is 10.4. The van der Waals surface area contributed by atoms with Gasteiger partial charge in [0.05, 0.1) is 13.7 Å². The van der Waals surface area contributed by atoms with E-state index in [0.29, 0.717) is 50.1 Å². The van der Waals surface area contributed by atoms with Gasteiger partial charge in [-0.05, 0) is 55.9 Å². The Labute approximate surface area is 177 Å². The molecule has 1 amide bonds. The predicted molar refractivity (Wildman–Crippen MR) is 109 cm³/mol. The number of hydroxylamine groups is 4. The van der Waals surface area contributed by atoms with Gasteiger partial charge >= 0.3 is 0 Å². The lowest BCUT2D eigenvalue weighted by Gasteiger charge is -2.42. The van der Waals surface area contributed by atoms with Gasteiger partial charge in [-0.25, -0.2) is 9.90 Å². The molecule has 3 saturated heterocycles. The molecule has 30 heavy (non-hydrogen) atoms. The number of aryl methyl sites for hydroxylation is 2. The highest BCUT2D eigenvalue weighted by Crippen LogP contribution is 2.45. The highest BCUT2D eigenvalue weighted by molar-refractivity contribution is 6.17. The zero-order chi connectivity index (χ0) is 21.5. The Kier molecular flexibility index (Phi) is 5.69. The van der Waals surface area contributed by atoms with Crippen LogP contribution in [-0.4, -0.2) is 60.5 Å². The van der Waals surface area contributed by atoms with E-state index in [2.05, 4.69) is 5.92 Å². The maximum Gasteiger partial charge on any atom is 0.262 e. The second-order valence-corrected chi connectivity index (χ2v) is 8.31. The first kappa shape index (κ1) is 21.0. The van der Waals surface area contributed by atoms with Crippen LogP contribution in [0.1, 0.15) is 53.9 Å². The van der Waals surface area contributed by atoms with Crippen LogP contribution in [-0.2, 0) is 24.0 Å². The number of amides is 1. The first-order chi connectivity index (χ1) is 14.4. The minimum atomic E-state index is -1.04. The lowest BCUT2D eigenvalue weighted by atomic mass is 9.78. The van der Waals surface area contributed by atoms with Crippen LogP contribution in [0.2, 0.25) is 0 Å². The molecule has 0 saturated carbocycles. The summed E-state index contributed by atoms with van der Waals surface area (Å²) in [5.74, 6) is 1.20. The summed E-state index contributed by atoms with van der Waals surface area (Å²) in [7, 11) is 1.61. The van der Waals surface area contributed by atoms with E-state index < -0.39 is 17.7 Å². The van der Waals surface area contributed by atoms with Crippen molar-refractivity contribution >= 4 is 11.7 Å². The first-order valence-electron chi connectivity index (χ1n) is 10.4. The van der Waals surface area contributed by atoms with Crippen molar-refractivity contribution in [3.05, 3.63) is 34.4 Å². The van der Waals surface area contributed by atoms with Gasteiger partial charge in [0.25, 0.3) is 5.91 Å². The fourth-order valence-corrected chi connectivity index (χ4v) is 4.93. The normalized spacial score (nSPS) is 26.5. The number of carbonyl (C=O) groups excluding carboxylic acids is 2. The molecule has 0 aliphatic carbocycles. The Morgan fingerprint density at radius 1 is 1.23 bits per heavy atom. The summed E-state index contributed by atoms with van der Waals surface area (Å²) in [4.78, 5) is 38.9. The molecule has 1 spiro atoms. The second-order valence-electron chi connectivity index (χ2n) is 8.31. The van der Waals surface area contributed by atoms with Gasteiger partial charge in [-0.15, -0.1) is 6.42 Å². The number of hydrogen-bond donors (Lipinski definition) is 0. The molecular weight excluding hydrogens is 384 g/mol. The van der Waals surface area contributed by atoms with Crippen molar-refractivity contribution in [1.82, 2.24) is 10.1 Å². The van der Waals surface area contributed by atoms with Crippen LogP contribution in [0.5, 0.6) is 0 Å². The van der Waals surface area contributed by atoms with Crippen molar-refractivity contribution in [1.29, 1.82) is 0 Å². The van der Waals surface area contributed by atoms with Crippen LogP contribution in [0.25, 0.3) is 0 Å². The maximum absolute atomic E-state index is 13.9. The molecule has 4 rings (SSSR count). The molecule has 1 aromatic rings. The number of hydrogen-bond acceptors (Lipinski definition) is 6. The topological polar surface area (TPSA) is 68.3 Å². The number of carbonyl (C=O) groups is 2. The number of nitrogens with zero attached hydrogens (tertiary/aromatic N) is 2. The fourth-order valence-electron chi connectivity index (χ4n) is 4.93. The number of ketones is 1. The third-order valence-electron chi connectivity index (χ3n) is 6.45. The van der Waals surface area contributed by atoms with Crippen LogP contribution in [0, 0.1) is 26.2 Å². The average molecular weight is 412 g/mol. The van der Waals surface area contributed by atoms with Crippen LogP contribution in [0.3, 0.4) is 0 Å². The van der Waals surface area contributed by atoms with E-state index in [4.69, 9.17) is 20.8 Å². The summed E-state index contributed by atoms with van der Waals surface area (Å²) < 4.78 is 5.61. The lowest BCUT2D eigenvalue weighted by molar-refractivity contribution is -0.288. The van der Waals surface area contributed by atoms with Gasteiger partial charge < -0.3 is 9.57 Å². The minimum Gasteiger partial charge on any atom is -0.350 e. The van der Waals surface area contributed by atoms with Crippen molar-refractivity contribution in [2.75, 3.05) is 26.8 Å². The average Bonchev–Trinajstić information content (AvgIpc) is 3.31. The van der Waals surface area contributed by atoms with Gasteiger partial charge in [0.15, 0.2) is 12.1 Å². The molecule has 7 nitrogen and oxygen atoms in total. The SMILES string of the molecule is C#Cc1cc(C)cc(C)c1C1C(=O)N(OC2CCCO2)C2(CCN(OC)CC2)C1=O. The van der Waals surface area contributed by atoms with Gasteiger partial charge in [-0.1, -0.05) is 12.0 Å². The van der Waals surface area contributed by atoms with Crippen molar-refractivity contribution < 1.29 is 24.0 Å². The molecule has 0 N–H and O–H groups in total.